The molecule has 0 saturated heterocycles. The lowest BCUT2D eigenvalue weighted by molar-refractivity contribution is 0.0467. The fraction of sp³-hybridized carbons (Fsp3) is 0.0667. The van der Waals surface area contributed by atoms with Gasteiger partial charge < -0.3 is 4.74 Å². The Morgan fingerprint density at radius 3 is 2.81 bits per heavy atom. The van der Waals surface area contributed by atoms with Crippen LogP contribution >= 0.6 is 22.9 Å². The minimum Gasteiger partial charge on any atom is -0.455 e. The summed E-state index contributed by atoms with van der Waals surface area (Å²) < 4.78 is 19.7. The highest BCUT2D eigenvalue weighted by Crippen LogP contribution is 2.24. The van der Waals surface area contributed by atoms with Gasteiger partial charge in [0.05, 0.1) is 15.2 Å². The van der Waals surface area contributed by atoms with E-state index in [-0.39, 0.29) is 17.2 Å². The Bertz CT molecular complexity index is 765. The summed E-state index contributed by atoms with van der Waals surface area (Å²) in [6.45, 7) is -0.0111. The molecule has 0 amide bonds. The molecule has 1 aromatic heterocycles. The van der Waals surface area contributed by atoms with Crippen LogP contribution in [0, 0.1) is 5.82 Å². The molecule has 3 rings (SSSR count). The first-order valence-electron chi connectivity index (χ1n) is 6.11. The number of thiazole rings is 1. The number of hydrogen-bond acceptors (Lipinski definition) is 4. The summed E-state index contributed by atoms with van der Waals surface area (Å²) in [6.07, 6.45) is 0. The van der Waals surface area contributed by atoms with Crippen molar-refractivity contribution < 1.29 is 13.9 Å². The summed E-state index contributed by atoms with van der Waals surface area (Å²) >= 11 is 7.24. The fourth-order valence-electron chi connectivity index (χ4n) is 1.87. The number of benzene rings is 2. The Hall–Kier alpha value is -1.98. The molecule has 1 heterocycles. The number of esters is 1. The summed E-state index contributed by atoms with van der Waals surface area (Å²) in [4.78, 5) is 16.2. The van der Waals surface area contributed by atoms with Gasteiger partial charge in [-0.3, -0.25) is 0 Å². The van der Waals surface area contributed by atoms with Crippen molar-refractivity contribution in [2.75, 3.05) is 0 Å². The maximum absolute atomic E-state index is 13.6. The third-order valence-corrected chi connectivity index (χ3v) is 4.16. The standard InChI is InChI=1S/C15H9ClFNO2S/c16-9-4-3-5-10(17)14(9)15(19)20-8-13-18-11-6-1-2-7-12(11)21-13/h1-7H,8H2. The van der Waals surface area contributed by atoms with Crippen LogP contribution in [-0.2, 0) is 11.3 Å². The van der Waals surface area contributed by atoms with Gasteiger partial charge in [-0.15, -0.1) is 11.3 Å². The van der Waals surface area contributed by atoms with Gasteiger partial charge in [-0.2, -0.15) is 0 Å². The van der Waals surface area contributed by atoms with Crippen LogP contribution in [0.3, 0.4) is 0 Å². The van der Waals surface area contributed by atoms with Crippen LogP contribution < -0.4 is 0 Å². The van der Waals surface area contributed by atoms with E-state index >= 15 is 0 Å². The van der Waals surface area contributed by atoms with E-state index in [1.165, 1.54) is 29.5 Å². The lowest BCUT2D eigenvalue weighted by Crippen LogP contribution is -2.08. The number of nitrogens with zero attached hydrogens (tertiary/aromatic N) is 1. The molecule has 3 aromatic rings. The molecule has 0 radical (unpaired) electrons. The van der Waals surface area contributed by atoms with Gasteiger partial charge in [-0.05, 0) is 24.3 Å². The smallest absolute Gasteiger partial charge is 0.343 e. The van der Waals surface area contributed by atoms with Crippen LogP contribution in [-0.4, -0.2) is 11.0 Å². The molecular formula is C15H9ClFNO2S. The van der Waals surface area contributed by atoms with E-state index < -0.39 is 11.8 Å². The minimum atomic E-state index is -0.794. The molecule has 0 aliphatic rings. The van der Waals surface area contributed by atoms with E-state index in [9.17, 15) is 9.18 Å². The van der Waals surface area contributed by atoms with Gasteiger partial charge in [-0.25, -0.2) is 14.2 Å². The molecule has 0 N–H and O–H groups in total. The van der Waals surface area contributed by atoms with E-state index in [4.69, 9.17) is 16.3 Å². The van der Waals surface area contributed by atoms with Crippen LogP contribution in [0.1, 0.15) is 15.4 Å². The van der Waals surface area contributed by atoms with E-state index in [1.807, 2.05) is 24.3 Å². The van der Waals surface area contributed by atoms with Crippen molar-refractivity contribution in [2.45, 2.75) is 6.61 Å². The fourth-order valence-corrected chi connectivity index (χ4v) is 2.99. The Morgan fingerprint density at radius 2 is 2.05 bits per heavy atom. The maximum Gasteiger partial charge on any atom is 0.343 e. The summed E-state index contributed by atoms with van der Waals surface area (Å²) in [5.41, 5.74) is 0.595. The Balaban J connectivity index is 1.76. The van der Waals surface area contributed by atoms with Gasteiger partial charge in [0.2, 0.25) is 0 Å². The molecule has 0 aliphatic heterocycles. The minimum absolute atomic E-state index is 0.0111. The highest BCUT2D eigenvalue weighted by atomic mass is 35.5. The molecule has 0 fully saturated rings. The van der Waals surface area contributed by atoms with Crippen molar-refractivity contribution in [3.05, 3.63) is 63.9 Å². The maximum atomic E-state index is 13.6. The van der Waals surface area contributed by atoms with Crippen LogP contribution in [0.5, 0.6) is 0 Å². The summed E-state index contributed by atoms with van der Waals surface area (Å²) in [6, 6.07) is 11.7. The summed E-state index contributed by atoms with van der Waals surface area (Å²) in [5, 5.41) is 0.682. The number of carbonyl (C=O) groups is 1. The number of aromatic nitrogens is 1. The second kappa shape index (κ2) is 5.79. The van der Waals surface area contributed by atoms with Crippen molar-refractivity contribution >= 4 is 39.1 Å². The molecule has 0 unspecified atom stereocenters. The first kappa shape index (κ1) is 14.0. The molecule has 0 bridgehead atoms. The zero-order valence-electron chi connectivity index (χ0n) is 10.7. The van der Waals surface area contributed by atoms with Gasteiger partial charge in [0.1, 0.15) is 23.0 Å². The number of rotatable bonds is 3. The van der Waals surface area contributed by atoms with Crippen molar-refractivity contribution in [1.29, 1.82) is 0 Å². The lowest BCUT2D eigenvalue weighted by atomic mass is 10.2. The van der Waals surface area contributed by atoms with Crippen molar-refractivity contribution in [2.24, 2.45) is 0 Å². The number of halogens is 2. The van der Waals surface area contributed by atoms with E-state index in [0.29, 0.717) is 5.01 Å². The third-order valence-electron chi connectivity index (χ3n) is 2.83. The second-order valence-corrected chi connectivity index (χ2v) is 5.77. The predicted molar refractivity (Wildman–Crippen MR) is 80.1 cm³/mol. The summed E-state index contributed by atoms with van der Waals surface area (Å²) in [5.74, 6) is -1.49. The number of hydrogen-bond donors (Lipinski definition) is 0. The van der Waals surface area contributed by atoms with Crippen LogP contribution in [0.2, 0.25) is 5.02 Å². The van der Waals surface area contributed by atoms with Gasteiger partial charge in [-0.1, -0.05) is 29.8 Å². The van der Waals surface area contributed by atoms with Gasteiger partial charge in [0.15, 0.2) is 0 Å². The highest BCUT2D eigenvalue weighted by Gasteiger charge is 2.17. The Morgan fingerprint density at radius 1 is 1.24 bits per heavy atom. The van der Waals surface area contributed by atoms with Crippen LogP contribution in [0.4, 0.5) is 4.39 Å². The number of para-hydroxylation sites is 1. The molecule has 6 heteroatoms. The number of fused-ring (bicyclic) bond motifs is 1. The topological polar surface area (TPSA) is 39.2 Å². The number of ether oxygens (including phenoxy) is 1. The monoisotopic (exact) mass is 321 g/mol. The van der Waals surface area contributed by atoms with Crippen molar-refractivity contribution in [3.63, 3.8) is 0 Å². The largest absolute Gasteiger partial charge is 0.455 e. The molecule has 0 atom stereocenters. The average molecular weight is 322 g/mol. The molecule has 3 nitrogen and oxygen atoms in total. The zero-order valence-corrected chi connectivity index (χ0v) is 12.2. The zero-order chi connectivity index (χ0) is 14.8. The first-order chi connectivity index (χ1) is 10.1. The van der Waals surface area contributed by atoms with Gasteiger partial charge in [0.25, 0.3) is 0 Å². The second-order valence-electron chi connectivity index (χ2n) is 4.25. The lowest BCUT2D eigenvalue weighted by Gasteiger charge is -2.05. The van der Waals surface area contributed by atoms with Gasteiger partial charge in [0, 0.05) is 0 Å². The third kappa shape index (κ3) is 2.89. The van der Waals surface area contributed by atoms with Crippen LogP contribution in [0.25, 0.3) is 10.2 Å². The number of carbonyl (C=O) groups excluding carboxylic acids is 1. The average Bonchev–Trinajstić information content (AvgIpc) is 2.87. The van der Waals surface area contributed by atoms with E-state index in [2.05, 4.69) is 4.98 Å². The molecule has 0 aliphatic carbocycles. The van der Waals surface area contributed by atoms with Crippen molar-refractivity contribution in [3.8, 4) is 0 Å². The molecule has 21 heavy (non-hydrogen) atoms. The van der Waals surface area contributed by atoms with E-state index in [0.717, 1.165) is 10.2 Å². The van der Waals surface area contributed by atoms with Gasteiger partial charge >= 0.3 is 5.97 Å². The molecular weight excluding hydrogens is 313 g/mol. The molecule has 0 spiro atoms. The Labute approximate surface area is 129 Å². The first-order valence-corrected chi connectivity index (χ1v) is 7.30. The molecule has 106 valence electrons. The Kier molecular flexibility index (Phi) is 3.86. The normalized spacial score (nSPS) is 10.8. The molecule has 0 saturated carbocycles. The summed E-state index contributed by atoms with van der Waals surface area (Å²) in [7, 11) is 0. The van der Waals surface area contributed by atoms with Crippen LogP contribution in [0.15, 0.2) is 42.5 Å². The quantitative estimate of drug-likeness (QED) is 0.669. The molecule has 2 aromatic carbocycles. The predicted octanol–water partition coefficient (Wildman–Crippen LogP) is 4.45. The van der Waals surface area contributed by atoms with Crippen molar-refractivity contribution in [1.82, 2.24) is 4.98 Å². The van der Waals surface area contributed by atoms with E-state index in [1.54, 1.807) is 0 Å². The highest BCUT2D eigenvalue weighted by molar-refractivity contribution is 7.18. The SMILES string of the molecule is O=C(OCc1nc2ccccc2s1)c1c(F)cccc1Cl.